The van der Waals surface area contributed by atoms with E-state index in [9.17, 15) is 60.0 Å². The van der Waals surface area contributed by atoms with Gasteiger partial charge in [0.15, 0.2) is 5.01 Å². The van der Waals surface area contributed by atoms with Gasteiger partial charge in [-0.05, 0) is 32.8 Å². The van der Waals surface area contributed by atoms with Crippen LogP contribution in [0.4, 0.5) is 35.1 Å². The van der Waals surface area contributed by atoms with Crippen LogP contribution in [0.15, 0.2) is 18.2 Å². The molecule has 1 aromatic heterocycles. The predicted octanol–water partition coefficient (Wildman–Crippen LogP) is 4.16. The number of nitrogens with one attached hydrogen (secondary N) is 1. The maximum atomic E-state index is 14.1. The molecule has 1 fully saturated rings. The maximum absolute atomic E-state index is 14.1. The molecule has 2 heterocycles. The van der Waals surface area contributed by atoms with Crippen molar-refractivity contribution in [2.45, 2.75) is 62.7 Å². The van der Waals surface area contributed by atoms with E-state index in [0.717, 1.165) is 0 Å². The van der Waals surface area contributed by atoms with Gasteiger partial charge in [-0.3, -0.25) is 9.59 Å². The molecule has 0 aliphatic carbocycles. The van der Waals surface area contributed by atoms with Gasteiger partial charge in [-0.1, -0.05) is 12.1 Å². The minimum atomic E-state index is -6.33. The van der Waals surface area contributed by atoms with Gasteiger partial charge in [0.1, 0.15) is 5.69 Å². The number of likely N-dealkylation sites (tertiary alicyclic amines) is 1. The number of carbonyl (C=O) groups is 2. The van der Waals surface area contributed by atoms with E-state index in [2.05, 4.69) is 10.3 Å². The number of aliphatic hydroxyl groups excluding tert-OH is 1. The number of aliphatic hydroxyl groups is 3. The summed E-state index contributed by atoms with van der Waals surface area (Å²) in [5.74, 6) is -1.86. The number of aromatic nitrogens is 1. The SMILES string of the molecule is CC(C)(O)CNC(=O)c1nc(C(=O)N2CCCC2CO)c(-c2ccc(C(O)(C(F)(F)F)C(F)(F)F)cc2C(F)F)s1. The molecular formula is C24H25F8N3O5S. The van der Waals surface area contributed by atoms with Crippen LogP contribution in [0.3, 0.4) is 0 Å². The highest BCUT2D eigenvalue weighted by Gasteiger charge is 2.71. The van der Waals surface area contributed by atoms with Gasteiger partial charge in [-0.25, -0.2) is 13.8 Å². The number of alkyl halides is 8. The van der Waals surface area contributed by atoms with E-state index in [0.29, 0.717) is 30.2 Å². The zero-order valence-corrected chi connectivity index (χ0v) is 22.2. The van der Waals surface area contributed by atoms with Crippen LogP contribution in [0, 0.1) is 0 Å². The van der Waals surface area contributed by atoms with Gasteiger partial charge in [0, 0.05) is 29.8 Å². The van der Waals surface area contributed by atoms with Gasteiger partial charge in [-0.15, -0.1) is 11.3 Å². The van der Waals surface area contributed by atoms with Crippen molar-refractivity contribution in [3.8, 4) is 10.4 Å². The third kappa shape index (κ3) is 6.47. The number of hydrogen-bond acceptors (Lipinski definition) is 7. The molecule has 0 saturated carbocycles. The number of thiazole rings is 1. The van der Waals surface area contributed by atoms with Crippen LogP contribution in [0.5, 0.6) is 0 Å². The lowest BCUT2D eigenvalue weighted by molar-refractivity contribution is -0.376. The van der Waals surface area contributed by atoms with Crippen molar-refractivity contribution >= 4 is 23.2 Å². The van der Waals surface area contributed by atoms with Crippen molar-refractivity contribution in [2.24, 2.45) is 0 Å². The molecule has 1 unspecified atom stereocenters. The standard InChI is InChI=1S/C24H25F8N3O5S/c1-21(2,39)10-33-18(37)19-34-15(20(38)35-7-3-4-12(35)9-36)16(41-19)13-6-5-11(8-14(13)17(25)26)22(40,23(27,28)29)24(30,31)32/h5-6,8,12,17,36,39-40H,3-4,7,9-10H2,1-2H3,(H,33,37). The molecule has 0 spiro atoms. The first-order chi connectivity index (χ1) is 18.7. The van der Waals surface area contributed by atoms with Crippen molar-refractivity contribution in [3.05, 3.63) is 40.0 Å². The molecule has 17 heteroatoms. The minimum Gasteiger partial charge on any atom is -0.394 e. The Morgan fingerprint density at radius 2 is 1.73 bits per heavy atom. The molecule has 228 valence electrons. The van der Waals surface area contributed by atoms with Gasteiger partial charge in [-0.2, -0.15) is 26.3 Å². The molecule has 1 aliphatic heterocycles. The van der Waals surface area contributed by atoms with Gasteiger partial charge in [0.25, 0.3) is 23.8 Å². The summed E-state index contributed by atoms with van der Waals surface area (Å²) >= 11 is 0.368. The first kappa shape index (κ1) is 32.6. The highest BCUT2D eigenvalue weighted by atomic mass is 32.1. The molecule has 41 heavy (non-hydrogen) atoms. The number of amides is 2. The maximum Gasteiger partial charge on any atom is 0.430 e. The predicted molar refractivity (Wildman–Crippen MR) is 128 cm³/mol. The van der Waals surface area contributed by atoms with Crippen LogP contribution in [0.1, 0.15) is 64.5 Å². The Balaban J connectivity index is 2.22. The second-order valence-corrected chi connectivity index (χ2v) is 11.0. The molecule has 1 aromatic carbocycles. The molecule has 0 radical (unpaired) electrons. The number of rotatable bonds is 8. The molecule has 4 N–H and O–H groups in total. The summed E-state index contributed by atoms with van der Waals surface area (Å²) < 4.78 is 109. The Morgan fingerprint density at radius 1 is 1.12 bits per heavy atom. The Kier molecular flexibility index (Phi) is 9.08. The lowest BCUT2D eigenvalue weighted by atomic mass is 9.89. The fourth-order valence-electron chi connectivity index (χ4n) is 4.21. The quantitative estimate of drug-likeness (QED) is 0.330. The summed E-state index contributed by atoms with van der Waals surface area (Å²) in [5.41, 5.74) is -11.5. The summed E-state index contributed by atoms with van der Waals surface area (Å²) in [7, 11) is 0. The smallest absolute Gasteiger partial charge is 0.394 e. The fraction of sp³-hybridized carbons (Fsp3) is 0.542. The lowest BCUT2D eigenvalue weighted by Crippen LogP contribution is -2.54. The van der Waals surface area contributed by atoms with Crippen molar-refractivity contribution in [1.29, 1.82) is 0 Å². The Morgan fingerprint density at radius 3 is 2.24 bits per heavy atom. The van der Waals surface area contributed by atoms with E-state index in [1.54, 1.807) is 0 Å². The molecule has 1 aliphatic rings. The largest absolute Gasteiger partial charge is 0.430 e. The van der Waals surface area contributed by atoms with Crippen molar-refractivity contribution in [3.63, 3.8) is 0 Å². The summed E-state index contributed by atoms with van der Waals surface area (Å²) in [4.78, 5) is 30.8. The van der Waals surface area contributed by atoms with Crippen LogP contribution in [0.2, 0.25) is 0 Å². The molecule has 2 aromatic rings. The second kappa shape index (κ2) is 11.4. The molecule has 1 saturated heterocycles. The number of halogens is 8. The normalized spacial score (nSPS) is 16.9. The third-order valence-electron chi connectivity index (χ3n) is 6.32. The fourth-order valence-corrected chi connectivity index (χ4v) is 5.23. The van der Waals surface area contributed by atoms with Crippen LogP contribution >= 0.6 is 11.3 Å². The van der Waals surface area contributed by atoms with Crippen molar-refractivity contribution < 1.29 is 60.0 Å². The average Bonchev–Trinajstić information content (AvgIpc) is 3.51. The number of hydrogen-bond donors (Lipinski definition) is 4. The van der Waals surface area contributed by atoms with Gasteiger partial charge in [0.2, 0.25) is 0 Å². The lowest BCUT2D eigenvalue weighted by Gasteiger charge is -2.33. The molecule has 0 bridgehead atoms. The van der Waals surface area contributed by atoms with Crippen molar-refractivity contribution in [1.82, 2.24) is 15.2 Å². The van der Waals surface area contributed by atoms with Crippen LogP contribution in [0.25, 0.3) is 10.4 Å². The Bertz CT molecular complexity index is 1280. The molecular weight excluding hydrogens is 594 g/mol. The van der Waals surface area contributed by atoms with Crippen molar-refractivity contribution in [2.75, 3.05) is 19.7 Å². The molecule has 2 amide bonds. The summed E-state index contributed by atoms with van der Waals surface area (Å²) in [6, 6.07) is -0.239. The van der Waals surface area contributed by atoms with Gasteiger partial charge < -0.3 is 25.5 Å². The monoisotopic (exact) mass is 619 g/mol. The summed E-state index contributed by atoms with van der Waals surface area (Å²) in [5, 5.41) is 31.0. The van der Waals surface area contributed by atoms with E-state index in [1.165, 1.54) is 18.7 Å². The zero-order chi connectivity index (χ0) is 31.1. The van der Waals surface area contributed by atoms with E-state index in [4.69, 9.17) is 0 Å². The number of nitrogens with zero attached hydrogens (tertiary/aromatic N) is 2. The van der Waals surface area contributed by atoms with Gasteiger partial charge >= 0.3 is 12.4 Å². The summed E-state index contributed by atoms with van der Waals surface area (Å²) in [6.07, 6.45) is -15.5. The molecule has 8 nitrogen and oxygen atoms in total. The highest BCUT2D eigenvalue weighted by Crippen LogP contribution is 2.51. The first-order valence-electron chi connectivity index (χ1n) is 11.9. The third-order valence-corrected chi connectivity index (χ3v) is 7.41. The van der Waals surface area contributed by atoms with Crippen LogP contribution < -0.4 is 5.32 Å². The molecule has 1 atom stereocenters. The number of carbonyl (C=O) groups excluding carboxylic acids is 2. The Hall–Kier alpha value is -2.89. The van der Waals surface area contributed by atoms with Crippen LogP contribution in [-0.2, 0) is 5.60 Å². The first-order valence-corrected chi connectivity index (χ1v) is 12.8. The summed E-state index contributed by atoms with van der Waals surface area (Å²) in [6.45, 7) is 2.07. The highest BCUT2D eigenvalue weighted by molar-refractivity contribution is 7.17. The average molecular weight is 620 g/mol. The van der Waals surface area contributed by atoms with Gasteiger partial charge in [0.05, 0.1) is 23.1 Å². The zero-order valence-electron chi connectivity index (χ0n) is 21.4. The van der Waals surface area contributed by atoms with E-state index in [1.807, 2.05) is 0 Å². The second-order valence-electron chi connectivity index (χ2n) is 9.98. The van der Waals surface area contributed by atoms with E-state index >= 15 is 0 Å². The van der Waals surface area contributed by atoms with E-state index in [-0.39, 0.29) is 25.2 Å². The topological polar surface area (TPSA) is 123 Å². The Labute approximate surface area is 231 Å². The van der Waals surface area contributed by atoms with Crippen LogP contribution in [-0.4, -0.2) is 80.7 Å². The molecule has 3 rings (SSSR count). The minimum absolute atomic E-state index is 0.117. The number of benzene rings is 1. The van der Waals surface area contributed by atoms with E-state index < -0.39 is 86.7 Å².